The average molecular weight is 463 g/mol. The third-order valence-corrected chi connectivity index (χ3v) is 7.89. The first-order valence-corrected chi connectivity index (χ1v) is 12.2. The van der Waals surface area contributed by atoms with Gasteiger partial charge in [0.1, 0.15) is 5.82 Å². The minimum absolute atomic E-state index is 0. The maximum Gasteiger partial charge on any atom is 0.233 e. The van der Waals surface area contributed by atoms with Crippen LogP contribution in [0.3, 0.4) is 0 Å². The highest BCUT2D eigenvalue weighted by Gasteiger charge is 2.47. The number of carbonyl (C=O) groups is 2. The topological polar surface area (TPSA) is 56.8 Å². The Morgan fingerprint density at radius 1 is 0.903 bits per heavy atom. The molecule has 2 saturated heterocycles. The van der Waals surface area contributed by atoms with E-state index in [0.29, 0.717) is 6.54 Å². The largest absolute Gasteiger partial charge is 0.353 e. The monoisotopic (exact) mass is 462 g/mol. The molecule has 2 aliphatic heterocycles. The number of anilines is 1. The van der Waals surface area contributed by atoms with E-state index in [2.05, 4.69) is 38.4 Å². The van der Waals surface area contributed by atoms with E-state index in [0.717, 1.165) is 77.1 Å². The SMILES string of the molecule is Cl.O=C1[C@@H]2CCCC[C@H]2C(=O)N1CCCCN1CCN(c2nsc3ccccc23)CC1. The molecule has 168 valence electrons. The van der Waals surface area contributed by atoms with Gasteiger partial charge in [0.2, 0.25) is 11.8 Å². The Morgan fingerprint density at radius 3 is 2.26 bits per heavy atom. The Hall–Kier alpha value is -1.70. The molecule has 0 bridgehead atoms. The summed E-state index contributed by atoms with van der Waals surface area (Å²) in [6.07, 6.45) is 5.95. The van der Waals surface area contributed by atoms with E-state index in [-0.39, 0.29) is 36.1 Å². The van der Waals surface area contributed by atoms with Crippen molar-refractivity contribution in [3.63, 3.8) is 0 Å². The smallest absolute Gasteiger partial charge is 0.233 e. The zero-order chi connectivity index (χ0) is 20.5. The second kappa shape index (κ2) is 9.84. The molecule has 2 atom stereocenters. The molecule has 1 aromatic heterocycles. The fourth-order valence-corrected chi connectivity index (χ4v) is 6.14. The molecule has 1 aromatic carbocycles. The van der Waals surface area contributed by atoms with Crippen molar-refractivity contribution in [1.82, 2.24) is 14.2 Å². The Labute approximate surface area is 194 Å². The molecular weight excluding hydrogens is 432 g/mol. The van der Waals surface area contributed by atoms with Crippen LogP contribution in [0.5, 0.6) is 0 Å². The number of amides is 2. The van der Waals surface area contributed by atoms with Gasteiger partial charge in [0.05, 0.1) is 16.5 Å². The first-order valence-electron chi connectivity index (χ1n) is 11.4. The fraction of sp³-hybridized carbons (Fsp3) is 0.609. The molecule has 5 rings (SSSR count). The Morgan fingerprint density at radius 2 is 1.55 bits per heavy atom. The van der Waals surface area contributed by atoms with Crippen molar-refractivity contribution in [3.8, 4) is 0 Å². The van der Waals surface area contributed by atoms with Gasteiger partial charge in [-0.2, -0.15) is 4.37 Å². The molecule has 2 amide bonds. The van der Waals surface area contributed by atoms with Crippen LogP contribution >= 0.6 is 23.9 Å². The normalized spacial score (nSPS) is 24.5. The second-order valence-electron chi connectivity index (χ2n) is 8.86. The summed E-state index contributed by atoms with van der Waals surface area (Å²) in [5.74, 6) is 1.31. The number of likely N-dealkylation sites (tertiary alicyclic amines) is 1. The number of nitrogens with zero attached hydrogens (tertiary/aromatic N) is 4. The summed E-state index contributed by atoms with van der Waals surface area (Å²) in [6.45, 7) is 5.72. The molecule has 0 N–H and O–H groups in total. The summed E-state index contributed by atoms with van der Waals surface area (Å²) in [7, 11) is 0. The fourth-order valence-electron chi connectivity index (χ4n) is 5.34. The van der Waals surface area contributed by atoms with Crippen LogP contribution in [0.4, 0.5) is 5.82 Å². The Balaban J connectivity index is 0.00000231. The quantitative estimate of drug-likeness (QED) is 0.482. The van der Waals surface area contributed by atoms with Crippen LogP contribution in [0, 0.1) is 11.8 Å². The highest BCUT2D eigenvalue weighted by molar-refractivity contribution is 7.13. The minimum Gasteiger partial charge on any atom is -0.353 e. The average Bonchev–Trinajstić information content (AvgIpc) is 3.32. The molecule has 3 fully saturated rings. The van der Waals surface area contributed by atoms with Crippen LogP contribution in [0.25, 0.3) is 10.1 Å². The highest BCUT2D eigenvalue weighted by atomic mass is 35.5. The Kier molecular flexibility index (Phi) is 7.14. The molecule has 31 heavy (non-hydrogen) atoms. The lowest BCUT2D eigenvalue weighted by Crippen LogP contribution is -2.46. The first-order chi connectivity index (χ1) is 14.7. The highest BCUT2D eigenvalue weighted by Crippen LogP contribution is 2.38. The number of carbonyl (C=O) groups excluding carboxylic acids is 2. The van der Waals surface area contributed by atoms with Gasteiger partial charge in [-0.3, -0.25) is 19.4 Å². The third kappa shape index (κ3) is 4.45. The van der Waals surface area contributed by atoms with Gasteiger partial charge < -0.3 is 4.90 Å². The second-order valence-corrected chi connectivity index (χ2v) is 9.67. The van der Waals surface area contributed by atoms with Gasteiger partial charge in [0.25, 0.3) is 0 Å². The molecule has 8 heteroatoms. The number of aromatic nitrogens is 1. The molecule has 6 nitrogen and oxygen atoms in total. The molecule has 0 spiro atoms. The third-order valence-electron chi connectivity index (χ3n) is 7.07. The van der Waals surface area contributed by atoms with Crippen molar-refractivity contribution in [2.75, 3.05) is 44.2 Å². The van der Waals surface area contributed by atoms with Crippen LogP contribution in [-0.2, 0) is 9.59 Å². The van der Waals surface area contributed by atoms with Gasteiger partial charge in [-0.25, -0.2) is 0 Å². The number of piperazine rings is 1. The zero-order valence-electron chi connectivity index (χ0n) is 17.9. The molecular formula is C23H31ClN4O2S. The number of rotatable bonds is 6. The van der Waals surface area contributed by atoms with Crippen LogP contribution in [0.2, 0.25) is 0 Å². The number of hydrogen-bond donors (Lipinski definition) is 0. The summed E-state index contributed by atoms with van der Waals surface area (Å²) in [6, 6.07) is 8.45. The van der Waals surface area contributed by atoms with E-state index >= 15 is 0 Å². The van der Waals surface area contributed by atoms with Crippen molar-refractivity contribution in [3.05, 3.63) is 24.3 Å². The van der Waals surface area contributed by atoms with Crippen LogP contribution in [0.1, 0.15) is 38.5 Å². The van der Waals surface area contributed by atoms with Crippen molar-refractivity contribution in [2.45, 2.75) is 38.5 Å². The number of imide groups is 1. The molecule has 3 heterocycles. The predicted octanol–water partition coefficient (Wildman–Crippen LogP) is 3.80. The first kappa shape index (κ1) is 22.5. The molecule has 2 aromatic rings. The molecule has 0 radical (unpaired) electrons. The van der Waals surface area contributed by atoms with Crippen molar-refractivity contribution >= 4 is 51.7 Å². The number of unbranched alkanes of at least 4 members (excludes halogenated alkanes) is 1. The lowest BCUT2D eigenvalue weighted by Gasteiger charge is -2.35. The van der Waals surface area contributed by atoms with Crippen LogP contribution in [-0.4, -0.2) is 65.3 Å². The number of fused-ring (bicyclic) bond motifs is 2. The summed E-state index contributed by atoms with van der Waals surface area (Å²) < 4.78 is 5.94. The summed E-state index contributed by atoms with van der Waals surface area (Å²) in [4.78, 5) is 31.6. The summed E-state index contributed by atoms with van der Waals surface area (Å²) in [5.41, 5.74) is 0. The number of hydrogen-bond acceptors (Lipinski definition) is 6. The molecule has 1 saturated carbocycles. The lowest BCUT2D eigenvalue weighted by molar-refractivity contribution is -0.140. The maximum absolute atomic E-state index is 12.6. The van der Waals surface area contributed by atoms with Gasteiger partial charge in [-0.05, 0) is 55.9 Å². The van der Waals surface area contributed by atoms with Crippen molar-refractivity contribution in [2.24, 2.45) is 11.8 Å². The van der Waals surface area contributed by atoms with Crippen LogP contribution in [0.15, 0.2) is 24.3 Å². The maximum atomic E-state index is 12.6. The molecule has 3 aliphatic rings. The standard InChI is InChI=1S/C23H30N4O2S.ClH/c28-22-17-7-1-2-8-18(17)23(29)27(22)12-6-5-11-25-13-15-26(16-14-25)21-19-9-3-4-10-20(19)30-24-21;/h3-4,9-10,17-18H,1-2,5-8,11-16H2;1H/t17-,18-;/m1./s1. The number of benzene rings is 1. The summed E-state index contributed by atoms with van der Waals surface area (Å²) >= 11 is 1.58. The minimum atomic E-state index is -0.0128. The molecule has 1 aliphatic carbocycles. The van der Waals surface area contributed by atoms with Crippen molar-refractivity contribution in [1.29, 1.82) is 0 Å². The van der Waals surface area contributed by atoms with Gasteiger partial charge in [0, 0.05) is 38.1 Å². The van der Waals surface area contributed by atoms with Gasteiger partial charge in [-0.1, -0.05) is 25.0 Å². The van der Waals surface area contributed by atoms with E-state index < -0.39 is 0 Å². The van der Waals surface area contributed by atoms with Gasteiger partial charge >= 0.3 is 0 Å². The van der Waals surface area contributed by atoms with E-state index in [9.17, 15) is 9.59 Å². The predicted molar refractivity (Wildman–Crippen MR) is 127 cm³/mol. The van der Waals surface area contributed by atoms with E-state index in [1.807, 2.05) is 0 Å². The molecule has 0 unspecified atom stereocenters. The zero-order valence-corrected chi connectivity index (χ0v) is 19.5. The van der Waals surface area contributed by atoms with E-state index in [1.54, 1.807) is 16.4 Å². The Bertz CT molecular complexity index is 903. The van der Waals surface area contributed by atoms with Crippen LogP contribution < -0.4 is 4.90 Å². The van der Waals surface area contributed by atoms with Crippen molar-refractivity contribution < 1.29 is 9.59 Å². The van der Waals surface area contributed by atoms with E-state index in [4.69, 9.17) is 0 Å². The van der Waals surface area contributed by atoms with E-state index in [1.165, 1.54) is 10.1 Å². The summed E-state index contributed by atoms with van der Waals surface area (Å²) in [5, 5.41) is 1.26. The van der Waals surface area contributed by atoms with Gasteiger partial charge in [0.15, 0.2) is 0 Å². The number of halogens is 1. The van der Waals surface area contributed by atoms with Gasteiger partial charge in [-0.15, -0.1) is 12.4 Å². The lowest BCUT2D eigenvalue weighted by atomic mass is 9.81.